The second-order valence-corrected chi connectivity index (χ2v) is 5.17. The van der Waals surface area contributed by atoms with Crippen LogP contribution < -0.4 is 5.32 Å². The Labute approximate surface area is 108 Å². The summed E-state index contributed by atoms with van der Waals surface area (Å²) in [5.74, 6) is 0. The van der Waals surface area contributed by atoms with Gasteiger partial charge in [-0.2, -0.15) is 0 Å². The molecule has 0 atom stereocenters. The summed E-state index contributed by atoms with van der Waals surface area (Å²) < 4.78 is 5.55. The number of hydrogen-bond acceptors (Lipinski definition) is 3. The minimum absolute atomic E-state index is 0.361. The monoisotopic (exact) mass is 244 g/mol. The summed E-state index contributed by atoms with van der Waals surface area (Å²) in [7, 11) is 0. The maximum Gasteiger partial charge on any atom is 0.0518 e. The van der Waals surface area contributed by atoms with Crippen molar-refractivity contribution < 1.29 is 4.74 Å². The first-order chi connectivity index (χ1) is 8.06. The van der Waals surface area contributed by atoms with Crippen molar-refractivity contribution in [2.75, 3.05) is 32.8 Å². The largest absolute Gasteiger partial charge is 0.379 e. The fraction of sp³-hybridized carbons (Fsp3) is 1.00. The molecule has 104 valence electrons. The smallest absolute Gasteiger partial charge is 0.0518 e. The summed E-state index contributed by atoms with van der Waals surface area (Å²) in [6.45, 7) is 16.3. The van der Waals surface area contributed by atoms with Crippen molar-refractivity contribution in [1.82, 2.24) is 10.2 Å². The lowest BCUT2D eigenvalue weighted by atomic mass is 10.3. The molecule has 3 heteroatoms. The highest BCUT2D eigenvalue weighted by Crippen LogP contribution is 1.96. The second kappa shape index (κ2) is 11.0. The predicted molar refractivity (Wildman–Crippen MR) is 75.6 cm³/mol. The summed E-state index contributed by atoms with van der Waals surface area (Å²) in [4.78, 5) is 2.51. The molecule has 0 unspecified atom stereocenters. The summed E-state index contributed by atoms with van der Waals surface area (Å²) >= 11 is 0. The molecule has 0 aliphatic carbocycles. The molecule has 17 heavy (non-hydrogen) atoms. The van der Waals surface area contributed by atoms with Crippen molar-refractivity contribution in [2.45, 2.75) is 59.6 Å². The Balaban J connectivity index is 3.42. The van der Waals surface area contributed by atoms with Crippen molar-refractivity contribution in [3.63, 3.8) is 0 Å². The Morgan fingerprint density at radius 3 is 2.24 bits per heavy atom. The van der Waals surface area contributed by atoms with Crippen LogP contribution in [-0.2, 0) is 4.74 Å². The van der Waals surface area contributed by atoms with Gasteiger partial charge in [-0.15, -0.1) is 0 Å². The molecular formula is C14H32N2O. The van der Waals surface area contributed by atoms with Gasteiger partial charge in [-0.3, -0.25) is 0 Å². The Bertz CT molecular complexity index is 144. The highest BCUT2D eigenvalue weighted by molar-refractivity contribution is 4.59. The molecule has 0 fully saturated rings. The Morgan fingerprint density at radius 2 is 1.71 bits per heavy atom. The van der Waals surface area contributed by atoms with E-state index in [0.717, 1.165) is 32.7 Å². The van der Waals surface area contributed by atoms with Crippen LogP contribution in [0.5, 0.6) is 0 Å². The normalized spacial score (nSPS) is 12.0. The molecule has 0 amide bonds. The van der Waals surface area contributed by atoms with E-state index >= 15 is 0 Å². The molecule has 0 spiro atoms. The lowest BCUT2D eigenvalue weighted by Crippen LogP contribution is -2.31. The topological polar surface area (TPSA) is 24.5 Å². The van der Waals surface area contributed by atoms with Gasteiger partial charge in [-0.25, -0.2) is 0 Å². The van der Waals surface area contributed by atoms with Crippen molar-refractivity contribution in [2.24, 2.45) is 0 Å². The van der Waals surface area contributed by atoms with E-state index < -0.39 is 0 Å². The van der Waals surface area contributed by atoms with Crippen LogP contribution in [0.25, 0.3) is 0 Å². The molecule has 0 aromatic heterocycles. The molecule has 0 heterocycles. The number of nitrogens with zero attached hydrogens (tertiary/aromatic N) is 1. The maximum absolute atomic E-state index is 5.55. The third-order valence-electron chi connectivity index (χ3n) is 2.72. The van der Waals surface area contributed by atoms with Gasteiger partial charge in [0.1, 0.15) is 0 Å². The van der Waals surface area contributed by atoms with Gasteiger partial charge in [-0.1, -0.05) is 20.8 Å². The minimum Gasteiger partial charge on any atom is -0.379 e. The quantitative estimate of drug-likeness (QED) is 0.565. The van der Waals surface area contributed by atoms with Crippen LogP contribution in [-0.4, -0.2) is 49.8 Å². The molecule has 0 aromatic rings. The van der Waals surface area contributed by atoms with E-state index in [1.807, 2.05) is 0 Å². The van der Waals surface area contributed by atoms with E-state index in [9.17, 15) is 0 Å². The summed E-state index contributed by atoms with van der Waals surface area (Å²) in [6.07, 6.45) is 2.74. The van der Waals surface area contributed by atoms with Gasteiger partial charge in [0.05, 0.1) is 6.10 Å². The zero-order valence-electron chi connectivity index (χ0n) is 12.5. The first-order valence-corrected chi connectivity index (χ1v) is 7.13. The average Bonchev–Trinajstić information content (AvgIpc) is 2.26. The summed E-state index contributed by atoms with van der Waals surface area (Å²) in [5, 5.41) is 3.46. The van der Waals surface area contributed by atoms with Crippen LogP contribution in [0.1, 0.15) is 47.5 Å². The fourth-order valence-electron chi connectivity index (χ4n) is 1.73. The average molecular weight is 244 g/mol. The third kappa shape index (κ3) is 12.1. The molecule has 3 nitrogen and oxygen atoms in total. The van der Waals surface area contributed by atoms with Crippen molar-refractivity contribution >= 4 is 0 Å². The standard InChI is InChI=1S/C14H32N2O/c1-6-16(10-7-9-15-13(2)3)11-8-12-17-14(4)5/h13-15H,6-12H2,1-5H3. The van der Waals surface area contributed by atoms with Crippen LogP contribution in [0, 0.1) is 0 Å². The van der Waals surface area contributed by atoms with Crippen LogP contribution >= 0.6 is 0 Å². The molecule has 0 bridgehead atoms. The highest BCUT2D eigenvalue weighted by Gasteiger charge is 2.02. The van der Waals surface area contributed by atoms with Crippen LogP contribution in [0.15, 0.2) is 0 Å². The van der Waals surface area contributed by atoms with Gasteiger partial charge in [0.25, 0.3) is 0 Å². The van der Waals surface area contributed by atoms with E-state index in [-0.39, 0.29) is 0 Å². The predicted octanol–water partition coefficient (Wildman–Crippen LogP) is 2.51. The zero-order chi connectivity index (χ0) is 13.1. The number of rotatable bonds is 11. The fourth-order valence-corrected chi connectivity index (χ4v) is 1.73. The van der Waals surface area contributed by atoms with Crippen LogP contribution in [0.3, 0.4) is 0 Å². The molecule has 0 saturated carbocycles. The second-order valence-electron chi connectivity index (χ2n) is 5.17. The summed E-state index contributed by atoms with van der Waals surface area (Å²) in [5.41, 5.74) is 0. The highest BCUT2D eigenvalue weighted by atomic mass is 16.5. The molecule has 0 aliphatic heterocycles. The lowest BCUT2D eigenvalue weighted by molar-refractivity contribution is 0.0708. The van der Waals surface area contributed by atoms with Gasteiger partial charge < -0.3 is 15.0 Å². The number of nitrogens with one attached hydrogen (secondary N) is 1. The maximum atomic E-state index is 5.55. The van der Waals surface area contributed by atoms with Gasteiger partial charge >= 0.3 is 0 Å². The van der Waals surface area contributed by atoms with Gasteiger partial charge in [0.2, 0.25) is 0 Å². The van der Waals surface area contributed by atoms with Crippen molar-refractivity contribution in [3.8, 4) is 0 Å². The molecule has 0 aliphatic rings. The first kappa shape index (κ1) is 16.9. The lowest BCUT2D eigenvalue weighted by Gasteiger charge is -2.21. The van der Waals surface area contributed by atoms with Gasteiger partial charge in [0.15, 0.2) is 0 Å². The van der Waals surface area contributed by atoms with E-state index in [4.69, 9.17) is 4.74 Å². The SMILES string of the molecule is CCN(CCCNC(C)C)CCCOC(C)C. The third-order valence-corrected chi connectivity index (χ3v) is 2.72. The molecule has 0 radical (unpaired) electrons. The van der Waals surface area contributed by atoms with E-state index in [0.29, 0.717) is 12.1 Å². The zero-order valence-corrected chi connectivity index (χ0v) is 12.5. The molecule has 0 aromatic carbocycles. The molecule has 1 N–H and O–H groups in total. The molecular weight excluding hydrogens is 212 g/mol. The Kier molecular flexibility index (Phi) is 10.9. The number of ether oxygens (including phenoxy) is 1. The van der Waals surface area contributed by atoms with E-state index in [2.05, 4.69) is 44.8 Å². The van der Waals surface area contributed by atoms with Crippen molar-refractivity contribution in [3.05, 3.63) is 0 Å². The van der Waals surface area contributed by atoms with E-state index in [1.165, 1.54) is 13.0 Å². The van der Waals surface area contributed by atoms with Gasteiger partial charge in [0, 0.05) is 19.2 Å². The Hall–Kier alpha value is -0.120. The minimum atomic E-state index is 0.361. The van der Waals surface area contributed by atoms with Crippen LogP contribution in [0.4, 0.5) is 0 Å². The summed E-state index contributed by atoms with van der Waals surface area (Å²) in [6, 6.07) is 0.601. The molecule has 0 saturated heterocycles. The molecule has 0 rings (SSSR count). The van der Waals surface area contributed by atoms with Crippen molar-refractivity contribution in [1.29, 1.82) is 0 Å². The number of hydrogen-bond donors (Lipinski definition) is 1. The van der Waals surface area contributed by atoms with Crippen LogP contribution in [0.2, 0.25) is 0 Å². The first-order valence-electron chi connectivity index (χ1n) is 7.13. The van der Waals surface area contributed by atoms with Gasteiger partial charge in [-0.05, 0) is 46.3 Å². The Morgan fingerprint density at radius 1 is 1.06 bits per heavy atom. The van der Waals surface area contributed by atoms with E-state index in [1.54, 1.807) is 0 Å².